The lowest BCUT2D eigenvalue weighted by Crippen LogP contribution is -2.21. The number of rotatable bonds is 3. The summed E-state index contributed by atoms with van der Waals surface area (Å²) in [7, 11) is 0. The van der Waals surface area contributed by atoms with Crippen LogP contribution in [0.1, 0.15) is 10.4 Å². The smallest absolute Gasteiger partial charge is 0.267 e. The number of amides is 1. The first kappa shape index (κ1) is 12.7. The van der Waals surface area contributed by atoms with Crippen molar-refractivity contribution >= 4 is 28.7 Å². The van der Waals surface area contributed by atoms with Crippen LogP contribution >= 0.6 is 11.8 Å². The van der Waals surface area contributed by atoms with Gasteiger partial charge in [0.2, 0.25) is 0 Å². The van der Waals surface area contributed by atoms with Crippen molar-refractivity contribution in [3.63, 3.8) is 0 Å². The van der Waals surface area contributed by atoms with Crippen LogP contribution in [0.3, 0.4) is 0 Å². The third-order valence-electron chi connectivity index (χ3n) is 3.03. The molecule has 0 bridgehead atoms. The van der Waals surface area contributed by atoms with Gasteiger partial charge in [0.05, 0.1) is 11.0 Å². The monoisotopic (exact) mass is 283 g/mol. The molecule has 0 saturated heterocycles. The zero-order valence-corrected chi connectivity index (χ0v) is 11.7. The summed E-state index contributed by atoms with van der Waals surface area (Å²) in [6.45, 7) is 0. The van der Waals surface area contributed by atoms with E-state index in [4.69, 9.17) is 0 Å². The molecule has 0 aliphatic heterocycles. The largest absolute Gasteiger partial charge is 0.270 e. The lowest BCUT2D eigenvalue weighted by atomic mass is 10.2. The molecule has 2 aromatic carbocycles. The Labute approximate surface area is 120 Å². The predicted octanol–water partition coefficient (Wildman–Crippen LogP) is 3.14. The highest BCUT2D eigenvalue weighted by Crippen LogP contribution is 2.15. The number of para-hydroxylation sites is 2. The van der Waals surface area contributed by atoms with Crippen LogP contribution in [-0.2, 0) is 0 Å². The Bertz CT molecular complexity index is 749. The molecule has 1 aromatic heterocycles. The zero-order chi connectivity index (χ0) is 13.9. The van der Waals surface area contributed by atoms with Crippen molar-refractivity contribution in [1.29, 1.82) is 0 Å². The van der Waals surface area contributed by atoms with E-state index in [1.54, 1.807) is 22.8 Å². The maximum absolute atomic E-state index is 12.2. The average Bonchev–Trinajstić information content (AvgIpc) is 2.91. The molecule has 1 N–H and O–H groups in total. The number of carbonyl (C=O) groups excluding carboxylic acids is 1. The van der Waals surface area contributed by atoms with E-state index >= 15 is 0 Å². The number of fused-ring (bicyclic) bond motifs is 1. The summed E-state index contributed by atoms with van der Waals surface area (Å²) >= 11 is 1.65. The quantitative estimate of drug-likeness (QED) is 0.751. The molecule has 5 heteroatoms. The Balaban J connectivity index is 1.84. The molecule has 100 valence electrons. The molecular formula is C15H13N3OS. The van der Waals surface area contributed by atoms with Gasteiger partial charge in [-0.15, -0.1) is 11.8 Å². The molecule has 3 rings (SSSR count). The Morgan fingerprint density at radius 3 is 2.65 bits per heavy atom. The number of aromatic nitrogens is 2. The highest BCUT2D eigenvalue weighted by molar-refractivity contribution is 7.98. The second-order valence-corrected chi connectivity index (χ2v) is 5.15. The summed E-state index contributed by atoms with van der Waals surface area (Å²) in [4.78, 5) is 17.6. The normalized spacial score (nSPS) is 10.7. The van der Waals surface area contributed by atoms with Crippen molar-refractivity contribution in [2.75, 3.05) is 11.7 Å². The topological polar surface area (TPSA) is 46.9 Å². The molecule has 0 aliphatic rings. The van der Waals surface area contributed by atoms with E-state index in [1.807, 2.05) is 54.8 Å². The molecule has 3 aromatic rings. The van der Waals surface area contributed by atoms with Gasteiger partial charge in [0.15, 0.2) is 0 Å². The van der Waals surface area contributed by atoms with E-state index in [9.17, 15) is 4.79 Å². The maximum atomic E-state index is 12.2. The van der Waals surface area contributed by atoms with Crippen LogP contribution in [-0.4, -0.2) is 21.8 Å². The van der Waals surface area contributed by atoms with Crippen molar-refractivity contribution in [3.05, 3.63) is 60.4 Å². The van der Waals surface area contributed by atoms with Crippen molar-refractivity contribution in [1.82, 2.24) is 9.66 Å². The van der Waals surface area contributed by atoms with Gasteiger partial charge in [-0.05, 0) is 42.7 Å². The van der Waals surface area contributed by atoms with Gasteiger partial charge in [-0.2, -0.15) is 0 Å². The van der Waals surface area contributed by atoms with Crippen molar-refractivity contribution < 1.29 is 4.79 Å². The highest BCUT2D eigenvalue weighted by Gasteiger charge is 2.08. The van der Waals surface area contributed by atoms with Crippen LogP contribution in [0.15, 0.2) is 59.8 Å². The molecular weight excluding hydrogens is 270 g/mol. The van der Waals surface area contributed by atoms with Crippen LogP contribution in [0.5, 0.6) is 0 Å². The number of imidazole rings is 1. The standard InChI is InChI=1S/C15H13N3OS/c1-20-12-8-6-11(7-9-12)15(19)17-18-10-16-13-4-2-3-5-14(13)18/h2-10H,1H3,(H,17,19). The van der Waals surface area contributed by atoms with Crippen molar-refractivity contribution in [2.45, 2.75) is 4.90 Å². The SMILES string of the molecule is CSc1ccc(C(=O)Nn2cnc3ccccc32)cc1. The van der Waals surface area contributed by atoms with E-state index in [-0.39, 0.29) is 5.91 Å². The molecule has 0 aliphatic carbocycles. The van der Waals surface area contributed by atoms with Crippen molar-refractivity contribution in [3.8, 4) is 0 Å². The van der Waals surface area contributed by atoms with Gasteiger partial charge in [0.1, 0.15) is 6.33 Å². The number of hydrogen-bond acceptors (Lipinski definition) is 3. The third-order valence-corrected chi connectivity index (χ3v) is 3.77. The fraction of sp³-hybridized carbons (Fsp3) is 0.0667. The first-order chi connectivity index (χ1) is 9.78. The van der Waals surface area contributed by atoms with E-state index in [2.05, 4.69) is 10.4 Å². The summed E-state index contributed by atoms with van der Waals surface area (Å²) in [5.41, 5.74) is 5.18. The number of nitrogens with one attached hydrogen (secondary N) is 1. The van der Waals surface area contributed by atoms with Crippen LogP contribution in [0, 0.1) is 0 Å². The van der Waals surface area contributed by atoms with Crippen LogP contribution in [0.4, 0.5) is 0 Å². The first-order valence-corrected chi connectivity index (χ1v) is 7.38. The molecule has 0 atom stereocenters. The molecule has 4 nitrogen and oxygen atoms in total. The second kappa shape index (κ2) is 5.38. The Hall–Kier alpha value is -2.27. The van der Waals surface area contributed by atoms with E-state index in [0.29, 0.717) is 5.56 Å². The predicted molar refractivity (Wildman–Crippen MR) is 81.6 cm³/mol. The zero-order valence-electron chi connectivity index (χ0n) is 10.9. The van der Waals surface area contributed by atoms with E-state index in [0.717, 1.165) is 15.9 Å². The molecule has 0 unspecified atom stereocenters. The molecule has 0 spiro atoms. The van der Waals surface area contributed by atoms with E-state index in [1.165, 1.54) is 0 Å². The van der Waals surface area contributed by atoms with Crippen molar-refractivity contribution in [2.24, 2.45) is 0 Å². The molecule has 1 heterocycles. The van der Waals surface area contributed by atoms with Gasteiger partial charge >= 0.3 is 0 Å². The summed E-state index contributed by atoms with van der Waals surface area (Å²) in [6.07, 6.45) is 3.62. The van der Waals surface area contributed by atoms with Gasteiger partial charge in [-0.25, -0.2) is 9.66 Å². The molecule has 1 amide bonds. The number of hydrogen-bond donors (Lipinski definition) is 1. The van der Waals surface area contributed by atoms with E-state index < -0.39 is 0 Å². The molecule has 0 fully saturated rings. The molecule has 20 heavy (non-hydrogen) atoms. The Kier molecular flexibility index (Phi) is 3.43. The lowest BCUT2D eigenvalue weighted by molar-refractivity contribution is 0.101. The average molecular weight is 283 g/mol. The summed E-state index contributed by atoms with van der Waals surface area (Å²) in [5.74, 6) is -0.152. The minimum Gasteiger partial charge on any atom is -0.267 e. The molecule has 0 saturated carbocycles. The third kappa shape index (κ3) is 2.40. The number of carbonyl (C=O) groups is 1. The van der Waals surface area contributed by atoms with Gasteiger partial charge in [-0.1, -0.05) is 12.1 Å². The fourth-order valence-electron chi connectivity index (χ4n) is 1.96. The summed E-state index contributed by atoms with van der Waals surface area (Å²) in [6, 6.07) is 15.2. The maximum Gasteiger partial charge on any atom is 0.270 e. The van der Waals surface area contributed by atoms with Gasteiger partial charge in [0.25, 0.3) is 5.91 Å². The van der Waals surface area contributed by atoms with Crippen LogP contribution in [0.25, 0.3) is 11.0 Å². The number of benzene rings is 2. The second-order valence-electron chi connectivity index (χ2n) is 4.27. The number of nitrogens with zero attached hydrogens (tertiary/aromatic N) is 2. The van der Waals surface area contributed by atoms with Crippen LogP contribution < -0.4 is 5.43 Å². The van der Waals surface area contributed by atoms with Crippen LogP contribution in [0.2, 0.25) is 0 Å². The lowest BCUT2D eigenvalue weighted by Gasteiger charge is -2.07. The fourth-order valence-corrected chi connectivity index (χ4v) is 2.37. The summed E-state index contributed by atoms with van der Waals surface area (Å²) in [5, 5.41) is 0. The highest BCUT2D eigenvalue weighted by atomic mass is 32.2. The first-order valence-electron chi connectivity index (χ1n) is 6.15. The van der Waals surface area contributed by atoms with Gasteiger partial charge < -0.3 is 0 Å². The Morgan fingerprint density at radius 2 is 1.90 bits per heavy atom. The van der Waals surface area contributed by atoms with Gasteiger partial charge in [-0.3, -0.25) is 10.2 Å². The minimum atomic E-state index is -0.152. The molecule has 0 radical (unpaired) electrons. The Morgan fingerprint density at radius 1 is 1.15 bits per heavy atom. The minimum absolute atomic E-state index is 0.152. The van der Waals surface area contributed by atoms with Gasteiger partial charge in [0, 0.05) is 10.5 Å². The number of thioether (sulfide) groups is 1. The summed E-state index contributed by atoms with van der Waals surface area (Å²) < 4.78 is 1.64.